The van der Waals surface area contributed by atoms with Crippen LogP contribution in [0.25, 0.3) is 0 Å². The SMILES string of the molecule is CCOC(=O)C(Cc1cccc(O)c1)(C(=O)O)C(C)C. The molecule has 0 aliphatic carbocycles. The number of rotatable bonds is 6. The van der Waals surface area contributed by atoms with Crippen molar-refractivity contribution < 1.29 is 24.5 Å². The summed E-state index contributed by atoms with van der Waals surface area (Å²) < 4.78 is 4.95. The molecule has 0 saturated heterocycles. The molecule has 0 spiro atoms. The van der Waals surface area contributed by atoms with Crippen LogP contribution in [0.3, 0.4) is 0 Å². The first kappa shape index (κ1) is 16.0. The number of carboxylic acid groups (broad SMARTS) is 1. The Kier molecular flexibility index (Phi) is 5.13. The van der Waals surface area contributed by atoms with E-state index < -0.39 is 23.3 Å². The first-order valence-electron chi connectivity index (χ1n) is 6.53. The fourth-order valence-corrected chi connectivity index (χ4v) is 2.17. The Labute approximate surface area is 118 Å². The standard InChI is InChI=1S/C15H20O5/c1-4-20-14(19)15(10(2)3,13(17)18)9-11-6-5-7-12(16)8-11/h5-8,10,16H,4,9H2,1-3H3,(H,17,18). The van der Waals surface area contributed by atoms with E-state index in [1.807, 2.05) is 0 Å². The number of phenolic OH excluding ortho intramolecular Hbond substituents is 1. The highest BCUT2D eigenvalue weighted by atomic mass is 16.5. The maximum atomic E-state index is 12.2. The Morgan fingerprint density at radius 2 is 2.00 bits per heavy atom. The molecule has 5 heteroatoms. The molecule has 1 aromatic carbocycles. The van der Waals surface area contributed by atoms with E-state index in [-0.39, 0.29) is 18.8 Å². The van der Waals surface area contributed by atoms with Crippen LogP contribution in [0.15, 0.2) is 24.3 Å². The number of ether oxygens (including phenoxy) is 1. The van der Waals surface area contributed by atoms with Gasteiger partial charge in [-0.25, -0.2) is 0 Å². The van der Waals surface area contributed by atoms with Gasteiger partial charge in [-0.2, -0.15) is 0 Å². The molecule has 1 aromatic rings. The van der Waals surface area contributed by atoms with Crippen molar-refractivity contribution in [2.24, 2.45) is 11.3 Å². The molecule has 0 aromatic heterocycles. The topological polar surface area (TPSA) is 83.8 Å². The molecule has 1 atom stereocenters. The van der Waals surface area contributed by atoms with Crippen molar-refractivity contribution in [3.8, 4) is 5.75 Å². The van der Waals surface area contributed by atoms with Gasteiger partial charge in [0.15, 0.2) is 5.41 Å². The lowest BCUT2D eigenvalue weighted by Gasteiger charge is -2.31. The first-order valence-corrected chi connectivity index (χ1v) is 6.53. The smallest absolute Gasteiger partial charge is 0.324 e. The Bertz CT molecular complexity index is 495. The van der Waals surface area contributed by atoms with Gasteiger partial charge in [-0.05, 0) is 37.0 Å². The van der Waals surface area contributed by atoms with Gasteiger partial charge in [-0.3, -0.25) is 9.59 Å². The van der Waals surface area contributed by atoms with Crippen LogP contribution in [-0.4, -0.2) is 28.8 Å². The molecular formula is C15H20O5. The summed E-state index contributed by atoms with van der Waals surface area (Å²) in [6.07, 6.45) is -0.0206. The zero-order chi connectivity index (χ0) is 15.3. The second-order valence-electron chi connectivity index (χ2n) is 5.00. The van der Waals surface area contributed by atoms with Gasteiger partial charge in [-0.15, -0.1) is 0 Å². The predicted octanol–water partition coefficient (Wildman–Crippen LogP) is 2.22. The zero-order valence-corrected chi connectivity index (χ0v) is 11.9. The van der Waals surface area contributed by atoms with Gasteiger partial charge in [0.05, 0.1) is 6.61 Å². The van der Waals surface area contributed by atoms with Crippen molar-refractivity contribution in [1.82, 2.24) is 0 Å². The normalized spacial score (nSPS) is 13.8. The van der Waals surface area contributed by atoms with Crippen LogP contribution in [0.2, 0.25) is 0 Å². The number of hydrogen-bond donors (Lipinski definition) is 2. The predicted molar refractivity (Wildman–Crippen MR) is 73.4 cm³/mol. The number of benzene rings is 1. The third-order valence-electron chi connectivity index (χ3n) is 3.40. The summed E-state index contributed by atoms with van der Waals surface area (Å²) in [5.41, 5.74) is -1.07. The zero-order valence-electron chi connectivity index (χ0n) is 11.9. The molecule has 0 saturated carbocycles. The largest absolute Gasteiger partial charge is 0.508 e. The van der Waals surface area contributed by atoms with Crippen LogP contribution >= 0.6 is 0 Å². The molecule has 0 aliphatic rings. The van der Waals surface area contributed by atoms with E-state index in [2.05, 4.69) is 0 Å². The van der Waals surface area contributed by atoms with Crippen LogP contribution in [0.1, 0.15) is 26.3 Å². The number of phenols is 1. The second-order valence-corrected chi connectivity index (χ2v) is 5.00. The fraction of sp³-hybridized carbons (Fsp3) is 0.467. The van der Waals surface area contributed by atoms with Gasteiger partial charge >= 0.3 is 11.9 Å². The summed E-state index contributed by atoms with van der Waals surface area (Å²) in [7, 11) is 0. The minimum Gasteiger partial charge on any atom is -0.508 e. The number of esters is 1. The molecule has 2 N–H and O–H groups in total. The third-order valence-corrected chi connectivity index (χ3v) is 3.40. The highest BCUT2D eigenvalue weighted by Crippen LogP contribution is 2.34. The van der Waals surface area contributed by atoms with Crippen molar-refractivity contribution in [2.75, 3.05) is 6.61 Å². The van der Waals surface area contributed by atoms with Gasteiger partial charge in [0.2, 0.25) is 0 Å². The minimum atomic E-state index is -1.65. The summed E-state index contributed by atoms with van der Waals surface area (Å²) in [5, 5.41) is 19.0. The molecule has 5 nitrogen and oxygen atoms in total. The highest BCUT2D eigenvalue weighted by molar-refractivity contribution is 5.99. The molecular weight excluding hydrogens is 260 g/mol. The maximum absolute atomic E-state index is 12.2. The van der Waals surface area contributed by atoms with E-state index in [0.29, 0.717) is 5.56 Å². The Hall–Kier alpha value is -2.04. The van der Waals surface area contributed by atoms with E-state index in [1.54, 1.807) is 32.9 Å². The molecule has 20 heavy (non-hydrogen) atoms. The van der Waals surface area contributed by atoms with Crippen LogP contribution in [0.4, 0.5) is 0 Å². The molecule has 0 heterocycles. The summed E-state index contributed by atoms with van der Waals surface area (Å²) in [6.45, 7) is 5.11. The molecule has 0 radical (unpaired) electrons. The molecule has 0 fully saturated rings. The average molecular weight is 280 g/mol. The van der Waals surface area contributed by atoms with E-state index in [0.717, 1.165) is 0 Å². The number of hydrogen-bond acceptors (Lipinski definition) is 4. The van der Waals surface area contributed by atoms with Crippen molar-refractivity contribution in [3.63, 3.8) is 0 Å². The lowest BCUT2D eigenvalue weighted by molar-refractivity contribution is -0.172. The summed E-state index contributed by atoms with van der Waals surface area (Å²) in [6, 6.07) is 6.24. The Balaban J connectivity index is 3.23. The molecule has 0 bridgehead atoms. The third kappa shape index (κ3) is 3.10. The van der Waals surface area contributed by atoms with Crippen LogP contribution < -0.4 is 0 Å². The average Bonchev–Trinajstić information content (AvgIpc) is 2.35. The van der Waals surface area contributed by atoms with Crippen molar-refractivity contribution in [1.29, 1.82) is 0 Å². The molecule has 1 unspecified atom stereocenters. The quantitative estimate of drug-likeness (QED) is 0.616. The molecule has 0 aliphatic heterocycles. The molecule has 0 amide bonds. The number of carbonyl (C=O) groups is 2. The minimum absolute atomic E-state index is 0.0206. The lowest BCUT2D eigenvalue weighted by atomic mass is 9.72. The second kappa shape index (κ2) is 6.41. The van der Waals surface area contributed by atoms with Crippen molar-refractivity contribution in [2.45, 2.75) is 27.2 Å². The van der Waals surface area contributed by atoms with Gasteiger partial charge in [0.1, 0.15) is 5.75 Å². The number of aliphatic carboxylic acids is 1. The van der Waals surface area contributed by atoms with E-state index >= 15 is 0 Å². The number of carbonyl (C=O) groups excluding carboxylic acids is 1. The highest BCUT2D eigenvalue weighted by Gasteiger charge is 2.50. The number of carboxylic acids is 1. The summed E-state index contributed by atoms with van der Waals surface area (Å²) in [5.74, 6) is -2.36. The molecule has 110 valence electrons. The number of aromatic hydroxyl groups is 1. The summed E-state index contributed by atoms with van der Waals surface area (Å²) >= 11 is 0. The monoisotopic (exact) mass is 280 g/mol. The lowest BCUT2D eigenvalue weighted by Crippen LogP contribution is -2.46. The van der Waals surface area contributed by atoms with Gasteiger partial charge < -0.3 is 14.9 Å². The summed E-state index contributed by atoms with van der Waals surface area (Å²) in [4.78, 5) is 23.9. The first-order chi connectivity index (χ1) is 9.34. The van der Waals surface area contributed by atoms with Crippen LogP contribution in [0.5, 0.6) is 5.75 Å². The van der Waals surface area contributed by atoms with Crippen LogP contribution in [-0.2, 0) is 20.7 Å². The maximum Gasteiger partial charge on any atom is 0.324 e. The van der Waals surface area contributed by atoms with Gasteiger partial charge in [-0.1, -0.05) is 26.0 Å². The van der Waals surface area contributed by atoms with Gasteiger partial charge in [0.25, 0.3) is 0 Å². The van der Waals surface area contributed by atoms with Crippen molar-refractivity contribution in [3.05, 3.63) is 29.8 Å². The van der Waals surface area contributed by atoms with E-state index in [1.165, 1.54) is 12.1 Å². The van der Waals surface area contributed by atoms with Crippen molar-refractivity contribution >= 4 is 11.9 Å². The molecule has 1 rings (SSSR count). The fourth-order valence-electron chi connectivity index (χ4n) is 2.17. The van der Waals surface area contributed by atoms with Gasteiger partial charge in [0, 0.05) is 0 Å². The van der Waals surface area contributed by atoms with Crippen LogP contribution in [0, 0.1) is 11.3 Å². The Morgan fingerprint density at radius 1 is 1.35 bits per heavy atom. The van der Waals surface area contributed by atoms with E-state index in [4.69, 9.17) is 4.74 Å². The van der Waals surface area contributed by atoms with E-state index in [9.17, 15) is 19.8 Å². The Morgan fingerprint density at radius 3 is 2.45 bits per heavy atom.